The van der Waals surface area contributed by atoms with Crippen LogP contribution in [0, 0.1) is 4.77 Å². The molecule has 0 spiro atoms. The Kier molecular flexibility index (Phi) is 4.62. The van der Waals surface area contributed by atoms with Crippen molar-refractivity contribution in [3.05, 3.63) is 65.4 Å². The minimum absolute atomic E-state index is 0.0147. The van der Waals surface area contributed by atoms with E-state index in [0.29, 0.717) is 21.9 Å². The van der Waals surface area contributed by atoms with Gasteiger partial charge >= 0.3 is 0 Å². The summed E-state index contributed by atoms with van der Waals surface area (Å²) >= 11 is 5.45. The van der Waals surface area contributed by atoms with Crippen LogP contribution in [0.5, 0.6) is 11.5 Å². The molecule has 0 saturated heterocycles. The Morgan fingerprint density at radius 3 is 2.70 bits per heavy atom. The van der Waals surface area contributed by atoms with Crippen LogP contribution >= 0.6 is 12.2 Å². The van der Waals surface area contributed by atoms with Gasteiger partial charge in [-0.3, -0.25) is 9.67 Å². The summed E-state index contributed by atoms with van der Waals surface area (Å²) in [5.41, 5.74) is 1.40. The van der Waals surface area contributed by atoms with Gasteiger partial charge in [-0.25, -0.2) is 0 Å². The number of ether oxygens (including phenoxy) is 1. The highest BCUT2D eigenvalue weighted by atomic mass is 32.1. The summed E-state index contributed by atoms with van der Waals surface area (Å²) in [6, 6.07) is 18.9. The van der Waals surface area contributed by atoms with E-state index in [1.165, 1.54) is 6.07 Å². The third kappa shape index (κ3) is 3.18. The number of rotatable bonds is 5. The Balaban J connectivity index is 1.87. The molecule has 0 aliphatic rings. The summed E-state index contributed by atoms with van der Waals surface area (Å²) < 4.78 is 7.58. The quantitative estimate of drug-likeness (QED) is 0.459. The highest BCUT2D eigenvalue weighted by Gasteiger charge is 2.16. The zero-order valence-electron chi connectivity index (χ0n) is 14.3. The number of nitrogens with zero attached hydrogens (tertiary/aromatic N) is 2. The Hall–Kier alpha value is -3.16. The predicted octanol–water partition coefficient (Wildman–Crippen LogP) is 3.83. The second-order valence-electron chi connectivity index (χ2n) is 5.94. The number of aromatic amines is 1. The lowest BCUT2D eigenvalue weighted by Gasteiger charge is -2.12. The van der Waals surface area contributed by atoms with E-state index in [0.717, 1.165) is 16.5 Å². The van der Waals surface area contributed by atoms with Crippen molar-refractivity contribution in [3.63, 3.8) is 0 Å². The second-order valence-corrected chi connectivity index (χ2v) is 6.32. The molecule has 6 nitrogen and oxygen atoms in total. The van der Waals surface area contributed by atoms with Gasteiger partial charge in [0.1, 0.15) is 18.1 Å². The smallest absolute Gasteiger partial charge is 0.200 e. The Labute approximate surface area is 160 Å². The second kappa shape index (κ2) is 7.22. The molecule has 0 saturated carbocycles. The van der Waals surface area contributed by atoms with Crippen molar-refractivity contribution in [2.75, 3.05) is 13.2 Å². The molecule has 0 atom stereocenters. The van der Waals surface area contributed by atoms with Gasteiger partial charge in [-0.05, 0) is 35.8 Å². The van der Waals surface area contributed by atoms with Crippen LogP contribution in [0.1, 0.15) is 0 Å². The monoisotopic (exact) mass is 379 g/mol. The molecule has 1 heterocycles. The fourth-order valence-corrected chi connectivity index (χ4v) is 3.29. The van der Waals surface area contributed by atoms with Crippen LogP contribution in [-0.4, -0.2) is 38.2 Å². The summed E-state index contributed by atoms with van der Waals surface area (Å²) in [5.74, 6) is 0.986. The van der Waals surface area contributed by atoms with Crippen molar-refractivity contribution in [1.82, 2.24) is 14.8 Å². The van der Waals surface area contributed by atoms with Crippen molar-refractivity contribution < 1.29 is 14.9 Å². The van der Waals surface area contributed by atoms with E-state index in [9.17, 15) is 5.11 Å². The van der Waals surface area contributed by atoms with E-state index in [4.69, 9.17) is 22.1 Å². The van der Waals surface area contributed by atoms with E-state index in [-0.39, 0.29) is 19.0 Å². The van der Waals surface area contributed by atoms with Gasteiger partial charge in [-0.1, -0.05) is 36.4 Å². The summed E-state index contributed by atoms with van der Waals surface area (Å²) in [4.78, 5) is 0. The Bertz CT molecular complexity index is 1160. The van der Waals surface area contributed by atoms with Crippen molar-refractivity contribution in [2.24, 2.45) is 0 Å². The van der Waals surface area contributed by atoms with Gasteiger partial charge in [0.25, 0.3) is 0 Å². The van der Waals surface area contributed by atoms with Gasteiger partial charge < -0.3 is 14.9 Å². The van der Waals surface area contributed by atoms with E-state index in [2.05, 4.69) is 10.2 Å². The number of phenolic OH excluding ortho intramolecular Hbond substituents is 1. The van der Waals surface area contributed by atoms with Gasteiger partial charge in [0.15, 0.2) is 10.6 Å². The van der Waals surface area contributed by atoms with Gasteiger partial charge in [0, 0.05) is 11.5 Å². The van der Waals surface area contributed by atoms with Crippen LogP contribution in [0.3, 0.4) is 0 Å². The molecule has 7 heteroatoms. The molecule has 0 fully saturated rings. The average Bonchev–Trinajstić information content (AvgIpc) is 3.07. The van der Waals surface area contributed by atoms with Crippen molar-refractivity contribution >= 4 is 23.0 Å². The van der Waals surface area contributed by atoms with Gasteiger partial charge in [0.2, 0.25) is 0 Å². The van der Waals surface area contributed by atoms with Crippen LogP contribution in [0.25, 0.3) is 27.8 Å². The molecule has 4 aromatic rings. The topological polar surface area (TPSA) is 83.3 Å². The number of aliphatic hydroxyl groups excluding tert-OH is 1. The first-order valence-corrected chi connectivity index (χ1v) is 8.82. The molecular formula is C20H17N3O3S. The van der Waals surface area contributed by atoms with Crippen molar-refractivity contribution in [1.29, 1.82) is 0 Å². The molecule has 0 radical (unpaired) electrons. The predicted molar refractivity (Wildman–Crippen MR) is 106 cm³/mol. The molecule has 0 aliphatic carbocycles. The number of H-pyrrole nitrogens is 1. The summed E-state index contributed by atoms with van der Waals surface area (Å²) in [6.07, 6.45) is 0. The van der Waals surface area contributed by atoms with Crippen LogP contribution in [0.2, 0.25) is 0 Å². The zero-order chi connectivity index (χ0) is 18.8. The van der Waals surface area contributed by atoms with E-state index in [1.807, 2.05) is 42.5 Å². The number of phenols is 1. The van der Waals surface area contributed by atoms with E-state index >= 15 is 0 Å². The van der Waals surface area contributed by atoms with Crippen LogP contribution in [-0.2, 0) is 0 Å². The lowest BCUT2D eigenvalue weighted by molar-refractivity contribution is 0.201. The van der Waals surface area contributed by atoms with Gasteiger partial charge in [-0.2, -0.15) is 5.10 Å². The lowest BCUT2D eigenvalue weighted by atomic mass is 10.1. The molecule has 0 aliphatic heterocycles. The Morgan fingerprint density at radius 1 is 1.07 bits per heavy atom. The SMILES string of the molecule is OCCOc1ccc(-c2n[nH]c(=S)n2-c2cccc3ccccc23)c(O)c1. The zero-order valence-corrected chi connectivity index (χ0v) is 15.1. The molecule has 4 rings (SSSR count). The van der Waals surface area contributed by atoms with Crippen LogP contribution in [0.15, 0.2) is 60.7 Å². The van der Waals surface area contributed by atoms with Crippen molar-refractivity contribution in [2.45, 2.75) is 0 Å². The first-order valence-electron chi connectivity index (χ1n) is 8.41. The maximum Gasteiger partial charge on any atom is 0.200 e. The molecule has 0 bridgehead atoms. The van der Waals surface area contributed by atoms with Crippen LogP contribution < -0.4 is 4.74 Å². The molecule has 136 valence electrons. The highest BCUT2D eigenvalue weighted by molar-refractivity contribution is 7.71. The molecule has 27 heavy (non-hydrogen) atoms. The number of hydrogen-bond donors (Lipinski definition) is 3. The maximum atomic E-state index is 10.5. The molecular weight excluding hydrogens is 362 g/mol. The fourth-order valence-electron chi connectivity index (χ4n) is 3.06. The number of aliphatic hydroxyl groups is 1. The average molecular weight is 379 g/mol. The number of aromatic nitrogens is 3. The fraction of sp³-hybridized carbons (Fsp3) is 0.100. The van der Waals surface area contributed by atoms with Crippen LogP contribution in [0.4, 0.5) is 0 Å². The van der Waals surface area contributed by atoms with Crippen molar-refractivity contribution in [3.8, 4) is 28.6 Å². The summed E-state index contributed by atoms with van der Waals surface area (Å²) in [7, 11) is 0. The summed E-state index contributed by atoms with van der Waals surface area (Å²) in [5, 5.41) is 28.6. The number of aromatic hydroxyl groups is 1. The molecule has 0 amide bonds. The maximum absolute atomic E-state index is 10.5. The molecule has 0 unspecified atom stereocenters. The molecule has 1 aromatic heterocycles. The standard InChI is InChI=1S/C20H17N3O3S/c24-10-11-26-14-8-9-16(18(25)12-14)19-21-22-20(27)23(19)17-7-3-5-13-4-1-2-6-15(13)17/h1-9,12,24-25H,10-11H2,(H,22,27). The van der Waals surface area contributed by atoms with E-state index in [1.54, 1.807) is 16.7 Å². The largest absolute Gasteiger partial charge is 0.507 e. The minimum atomic E-state index is -0.0950. The number of fused-ring (bicyclic) bond motifs is 1. The highest BCUT2D eigenvalue weighted by Crippen LogP contribution is 2.34. The van der Waals surface area contributed by atoms with Gasteiger partial charge in [0.05, 0.1) is 17.9 Å². The Morgan fingerprint density at radius 2 is 1.89 bits per heavy atom. The number of benzene rings is 3. The van der Waals surface area contributed by atoms with Gasteiger partial charge in [-0.15, -0.1) is 0 Å². The molecule has 3 aromatic carbocycles. The molecule has 3 N–H and O–H groups in total. The summed E-state index contributed by atoms with van der Waals surface area (Å²) in [6.45, 7) is 0.0653. The van der Waals surface area contributed by atoms with E-state index < -0.39 is 0 Å². The third-order valence-corrected chi connectivity index (χ3v) is 4.52. The number of hydrogen-bond acceptors (Lipinski definition) is 5. The third-order valence-electron chi connectivity index (χ3n) is 4.25. The minimum Gasteiger partial charge on any atom is -0.507 e. The number of nitrogens with one attached hydrogen (secondary N) is 1. The normalized spacial score (nSPS) is 11.0. The lowest BCUT2D eigenvalue weighted by Crippen LogP contribution is -2.02. The first kappa shape index (κ1) is 17.3. The first-order chi connectivity index (χ1) is 13.2.